The zero-order valence-corrected chi connectivity index (χ0v) is 15.7. The molecule has 1 amide bonds. The molecule has 0 aliphatic carbocycles. The van der Waals surface area contributed by atoms with E-state index >= 15 is 0 Å². The highest BCUT2D eigenvalue weighted by molar-refractivity contribution is 7.99. The summed E-state index contributed by atoms with van der Waals surface area (Å²) in [4.78, 5) is 15.9. The Balaban J connectivity index is 1.38. The first-order chi connectivity index (χ1) is 13.2. The number of hydrogen-bond donors (Lipinski definition) is 2. The van der Waals surface area contributed by atoms with Crippen LogP contribution in [0.4, 0.5) is 5.69 Å². The van der Waals surface area contributed by atoms with E-state index in [0.29, 0.717) is 12.8 Å². The summed E-state index contributed by atoms with van der Waals surface area (Å²) in [6.45, 7) is 0. The number of fused-ring (bicyclic) bond motifs is 1. The third-order valence-corrected chi connectivity index (χ3v) is 5.67. The highest BCUT2D eigenvalue weighted by atomic mass is 32.2. The Kier molecular flexibility index (Phi) is 5.27. The summed E-state index contributed by atoms with van der Waals surface area (Å²) in [5.74, 6) is 0.819. The van der Waals surface area contributed by atoms with E-state index < -0.39 is 6.10 Å². The van der Waals surface area contributed by atoms with Crippen molar-refractivity contribution in [2.75, 3.05) is 11.1 Å². The predicted octanol–water partition coefficient (Wildman–Crippen LogP) is 3.97. The molecule has 1 aliphatic rings. The van der Waals surface area contributed by atoms with Gasteiger partial charge in [-0.25, -0.2) is 4.98 Å². The first kappa shape index (κ1) is 17.8. The number of aryl methyl sites for hydroxylation is 1. The zero-order valence-electron chi connectivity index (χ0n) is 14.8. The first-order valence-corrected chi connectivity index (χ1v) is 10.0. The second-order valence-electron chi connectivity index (χ2n) is 6.53. The van der Waals surface area contributed by atoms with Crippen molar-refractivity contribution in [3.05, 3.63) is 72.1 Å². The van der Waals surface area contributed by atoms with Crippen LogP contribution in [0.5, 0.6) is 0 Å². The maximum atomic E-state index is 11.5. The van der Waals surface area contributed by atoms with Crippen LogP contribution < -0.4 is 5.32 Å². The molecule has 0 radical (unpaired) electrons. The molecule has 27 heavy (non-hydrogen) atoms. The Hall–Kier alpha value is -2.57. The number of anilines is 1. The molecular formula is C21H21N3O2S. The van der Waals surface area contributed by atoms with Crippen molar-refractivity contribution in [2.24, 2.45) is 0 Å². The Morgan fingerprint density at radius 2 is 2.04 bits per heavy atom. The average Bonchev–Trinajstić information content (AvgIpc) is 3.16. The van der Waals surface area contributed by atoms with Crippen LogP contribution in [0.25, 0.3) is 5.69 Å². The average molecular weight is 379 g/mol. The number of rotatable bonds is 6. The topological polar surface area (TPSA) is 67.1 Å². The second kappa shape index (κ2) is 7.98. The zero-order chi connectivity index (χ0) is 18.6. The van der Waals surface area contributed by atoms with Gasteiger partial charge in [-0.15, -0.1) is 0 Å². The number of imidazole rings is 1. The molecule has 3 aromatic rings. The minimum Gasteiger partial charge on any atom is -0.388 e. The summed E-state index contributed by atoms with van der Waals surface area (Å²) in [6, 6.07) is 15.9. The SMILES string of the molecule is O=C1CCc2cc(C(O)CCSc3nccn3-c3ccccc3)ccc2N1. The van der Waals surface area contributed by atoms with E-state index in [1.165, 1.54) is 0 Å². The molecule has 0 saturated heterocycles. The van der Waals surface area contributed by atoms with Crippen molar-refractivity contribution < 1.29 is 9.90 Å². The van der Waals surface area contributed by atoms with Crippen molar-refractivity contribution in [1.29, 1.82) is 0 Å². The number of para-hydroxylation sites is 1. The summed E-state index contributed by atoms with van der Waals surface area (Å²) < 4.78 is 2.05. The number of benzene rings is 2. The van der Waals surface area contributed by atoms with Gasteiger partial charge in [0.2, 0.25) is 5.91 Å². The smallest absolute Gasteiger partial charge is 0.224 e. The predicted molar refractivity (Wildman–Crippen MR) is 107 cm³/mol. The number of thioether (sulfide) groups is 1. The molecule has 5 nitrogen and oxygen atoms in total. The highest BCUT2D eigenvalue weighted by Crippen LogP contribution is 2.29. The lowest BCUT2D eigenvalue weighted by molar-refractivity contribution is -0.116. The molecule has 4 rings (SSSR count). The summed E-state index contributed by atoms with van der Waals surface area (Å²) in [6.07, 6.45) is 5.09. The van der Waals surface area contributed by atoms with Gasteiger partial charge in [0.25, 0.3) is 0 Å². The summed E-state index contributed by atoms with van der Waals surface area (Å²) >= 11 is 1.64. The third kappa shape index (κ3) is 4.07. The van der Waals surface area contributed by atoms with Crippen LogP contribution in [0.2, 0.25) is 0 Å². The molecular weight excluding hydrogens is 358 g/mol. The van der Waals surface area contributed by atoms with E-state index in [-0.39, 0.29) is 5.91 Å². The largest absolute Gasteiger partial charge is 0.388 e. The monoisotopic (exact) mass is 379 g/mol. The summed E-state index contributed by atoms with van der Waals surface area (Å²) in [5.41, 5.74) is 3.94. The van der Waals surface area contributed by atoms with Crippen LogP contribution in [0.15, 0.2) is 66.1 Å². The van der Waals surface area contributed by atoms with Crippen molar-refractivity contribution >= 4 is 23.4 Å². The molecule has 6 heteroatoms. The number of nitrogens with zero attached hydrogens (tertiary/aromatic N) is 2. The second-order valence-corrected chi connectivity index (χ2v) is 7.60. The number of hydrogen-bond acceptors (Lipinski definition) is 4. The van der Waals surface area contributed by atoms with E-state index in [2.05, 4.69) is 14.9 Å². The fourth-order valence-corrected chi connectivity index (χ4v) is 4.19. The highest BCUT2D eigenvalue weighted by Gasteiger charge is 2.17. The Labute approximate surface area is 162 Å². The number of nitrogens with one attached hydrogen (secondary N) is 1. The third-order valence-electron chi connectivity index (χ3n) is 4.67. The molecule has 1 aromatic heterocycles. The molecule has 1 aliphatic heterocycles. The maximum absolute atomic E-state index is 11.5. The van der Waals surface area contributed by atoms with Crippen LogP contribution in [0, 0.1) is 0 Å². The van der Waals surface area contributed by atoms with Crippen molar-refractivity contribution in [1.82, 2.24) is 9.55 Å². The van der Waals surface area contributed by atoms with Gasteiger partial charge in [0.1, 0.15) is 0 Å². The van der Waals surface area contributed by atoms with Crippen molar-refractivity contribution in [3.63, 3.8) is 0 Å². The van der Waals surface area contributed by atoms with Crippen LogP contribution >= 0.6 is 11.8 Å². The quantitative estimate of drug-likeness (QED) is 0.636. The molecule has 0 saturated carbocycles. The van der Waals surface area contributed by atoms with E-state index in [4.69, 9.17) is 0 Å². The number of aliphatic hydroxyl groups excluding tert-OH is 1. The molecule has 1 atom stereocenters. The Morgan fingerprint density at radius 3 is 2.89 bits per heavy atom. The number of aliphatic hydroxyl groups is 1. The van der Waals surface area contributed by atoms with Crippen LogP contribution in [-0.2, 0) is 11.2 Å². The van der Waals surface area contributed by atoms with Gasteiger partial charge in [-0.1, -0.05) is 42.1 Å². The molecule has 138 valence electrons. The minimum absolute atomic E-state index is 0.0566. The van der Waals surface area contributed by atoms with Gasteiger partial charge >= 0.3 is 0 Å². The van der Waals surface area contributed by atoms with E-state index in [1.54, 1.807) is 18.0 Å². The number of carbonyl (C=O) groups is 1. The Bertz CT molecular complexity index is 940. The number of amides is 1. The lowest BCUT2D eigenvalue weighted by Crippen LogP contribution is -2.19. The normalized spacial score (nSPS) is 14.5. The lowest BCUT2D eigenvalue weighted by Gasteiger charge is -2.19. The fourth-order valence-electron chi connectivity index (χ4n) is 3.22. The van der Waals surface area contributed by atoms with Crippen molar-refractivity contribution in [2.45, 2.75) is 30.5 Å². The van der Waals surface area contributed by atoms with Gasteiger partial charge < -0.3 is 10.4 Å². The van der Waals surface area contributed by atoms with Crippen LogP contribution in [-0.4, -0.2) is 26.3 Å². The Morgan fingerprint density at radius 1 is 1.19 bits per heavy atom. The van der Waals surface area contributed by atoms with E-state index in [9.17, 15) is 9.90 Å². The molecule has 2 aromatic carbocycles. The van der Waals surface area contributed by atoms with Crippen LogP contribution in [0.3, 0.4) is 0 Å². The first-order valence-electron chi connectivity index (χ1n) is 9.03. The fraction of sp³-hybridized carbons (Fsp3) is 0.238. The van der Waals surface area contributed by atoms with Gasteiger partial charge in [0.05, 0.1) is 6.10 Å². The summed E-state index contributed by atoms with van der Waals surface area (Å²) in [5, 5.41) is 14.4. The standard InChI is InChI=1S/C21H21N3O2S/c25-19(16-6-8-18-15(14-16)7-9-20(26)23-18)10-13-27-21-22-11-12-24(21)17-4-2-1-3-5-17/h1-6,8,11-12,14,19,25H,7,9-10,13H2,(H,23,26). The van der Waals surface area contributed by atoms with Gasteiger partial charge in [-0.2, -0.15) is 0 Å². The molecule has 0 spiro atoms. The number of aromatic nitrogens is 2. The molecule has 0 fully saturated rings. The molecule has 2 N–H and O–H groups in total. The van der Waals surface area contributed by atoms with E-state index in [1.807, 2.05) is 54.7 Å². The lowest BCUT2D eigenvalue weighted by atomic mass is 9.97. The van der Waals surface area contributed by atoms with E-state index in [0.717, 1.165) is 39.8 Å². The van der Waals surface area contributed by atoms with Gasteiger partial charge in [0, 0.05) is 35.9 Å². The minimum atomic E-state index is -0.527. The number of carbonyl (C=O) groups excluding carboxylic acids is 1. The van der Waals surface area contributed by atoms with Crippen LogP contribution in [0.1, 0.15) is 30.1 Å². The summed E-state index contributed by atoms with van der Waals surface area (Å²) in [7, 11) is 0. The maximum Gasteiger partial charge on any atom is 0.224 e. The molecule has 2 heterocycles. The van der Waals surface area contributed by atoms with Gasteiger partial charge in [0.15, 0.2) is 5.16 Å². The molecule has 1 unspecified atom stereocenters. The molecule has 0 bridgehead atoms. The van der Waals surface area contributed by atoms with Gasteiger partial charge in [-0.3, -0.25) is 9.36 Å². The van der Waals surface area contributed by atoms with Crippen molar-refractivity contribution in [3.8, 4) is 5.69 Å². The van der Waals surface area contributed by atoms with Gasteiger partial charge in [-0.05, 0) is 42.2 Å².